The molecule has 0 bridgehead atoms. The number of hydrogen-bond acceptors (Lipinski definition) is 10. The Balaban J connectivity index is 1.78. The van der Waals surface area contributed by atoms with E-state index in [0.717, 1.165) is 0 Å². The lowest BCUT2D eigenvalue weighted by atomic mass is 10.1. The predicted molar refractivity (Wildman–Crippen MR) is 141 cm³/mol. The molecule has 2 aromatic heterocycles. The first kappa shape index (κ1) is 28.0. The number of nitrogens with zero attached hydrogens (tertiary/aromatic N) is 5. The summed E-state index contributed by atoms with van der Waals surface area (Å²) in [6.07, 6.45) is 2.22. The van der Waals surface area contributed by atoms with Crippen molar-refractivity contribution in [1.82, 2.24) is 24.7 Å². The highest BCUT2D eigenvalue weighted by atomic mass is 35.5. The first-order valence-corrected chi connectivity index (χ1v) is 14.0. The third-order valence-electron chi connectivity index (χ3n) is 6.07. The summed E-state index contributed by atoms with van der Waals surface area (Å²) in [5.41, 5.74) is 0.464. The summed E-state index contributed by atoms with van der Waals surface area (Å²) >= 11 is 5.94. The topological polar surface area (TPSA) is 140 Å². The molecule has 1 aliphatic heterocycles. The Bertz CT molecular complexity index is 1320. The molecule has 0 radical (unpaired) electrons. The van der Waals surface area contributed by atoms with Gasteiger partial charge in [-0.15, -0.1) is 10.2 Å². The van der Waals surface area contributed by atoms with Crippen molar-refractivity contribution in [1.29, 1.82) is 0 Å². The second-order valence-electron chi connectivity index (χ2n) is 9.01. The van der Waals surface area contributed by atoms with E-state index in [0.29, 0.717) is 47.7 Å². The van der Waals surface area contributed by atoms with Crippen LogP contribution in [0.5, 0.6) is 11.5 Å². The summed E-state index contributed by atoms with van der Waals surface area (Å²) in [4.78, 5) is 8.40. The third-order valence-corrected chi connectivity index (χ3v) is 7.96. The Hall–Kier alpha value is -3.00. The molecule has 1 aromatic carbocycles. The van der Waals surface area contributed by atoms with Crippen molar-refractivity contribution in [3.8, 4) is 17.2 Å². The molecule has 12 nitrogen and oxygen atoms in total. The highest BCUT2D eigenvalue weighted by Gasteiger charge is 2.37. The molecule has 0 aliphatic carbocycles. The van der Waals surface area contributed by atoms with E-state index in [1.54, 1.807) is 36.6 Å². The van der Waals surface area contributed by atoms with Crippen molar-refractivity contribution in [3.63, 3.8) is 0 Å². The van der Waals surface area contributed by atoms with Crippen LogP contribution in [-0.2, 0) is 19.5 Å². The van der Waals surface area contributed by atoms with Crippen molar-refractivity contribution in [3.05, 3.63) is 47.3 Å². The summed E-state index contributed by atoms with van der Waals surface area (Å²) in [5, 5.41) is 7.79. The highest BCUT2D eigenvalue weighted by molar-refractivity contribution is 7.93. The van der Waals surface area contributed by atoms with E-state index in [4.69, 9.17) is 30.5 Å². The molecule has 3 aromatic rings. The fourth-order valence-electron chi connectivity index (χ4n) is 4.16. The van der Waals surface area contributed by atoms with Gasteiger partial charge in [0.05, 0.1) is 32.0 Å². The number of sulfonamides is 1. The summed E-state index contributed by atoms with van der Waals surface area (Å²) in [6, 6.07) is 5.27. The molecule has 1 unspecified atom stereocenters. The molecular weight excluding hydrogens is 536 g/mol. The molecule has 14 heteroatoms. The smallest absolute Gasteiger partial charge is 0.243 e. The fourth-order valence-corrected chi connectivity index (χ4v) is 5.35. The summed E-state index contributed by atoms with van der Waals surface area (Å²) in [5.74, 6) is 1.49. The largest absolute Gasteiger partial charge is 0.494 e. The first-order chi connectivity index (χ1) is 18.2. The number of aromatic nitrogens is 5. The van der Waals surface area contributed by atoms with Gasteiger partial charge >= 0.3 is 0 Å². The Kier molecular flexibility index (Phi) is 8.71. The molecule has 4 rings (SSSR count). The lowest BCUT2D eigenvalue weighted by Crippen LogP contribution is -2.35. The standard InChI is InChI=1S/C24H31ClN6O6S/c1-14(2)37-21(22-26-11-17(25)12-27-22)15(3)38(32,33)30-24-29-28-23(16-9-10-36-13-16)31(24)20-18(34-4)7-6-8-19(20)35-5/h6-8,11-12,14-16,21H,9-10,13H2,1-5H3,(H,29,30)/t15?,16-,21-/m1/s1. The number of rotatable bonds is 11. The van der Waals surface area contributed by atoms with E-state index in [1.165, 1.54) is 33.5 Å². The second-order valence-corrected chi connectivity index (χ2v) is 11.5. The summed E-state index contributed by atoms with van der Waals surface area (Å²) in [6.45, 7) is 6.11. The van der Waals surface area contributed by atoms with Gasteiger partial charge in [-0.05, 0) is 39.3 Å². The average molecular weight is 567 g/mol. The normalized spacial score (nSPS) is 17.4. The Morgan fingerprint density at radius 2 is 1.76 bits per heavy atom. The lowest BCUT2D eigenvalue weighted by Gasteiger charge is -2.25. The highest BCUT2D eigenvalue weighted by Crippen LogP contribution is 2.38. The number of methoxy groups -OCH3 is 2. The van der Waals surface area contributed by atoms with Gasteiger partial charge in [0.25, 0.3) is 0 Å². The Labute approximate surface area is 226 Å². The van der Waals surface area contributed by atoms with Gasteiger partial charge in [-0.25, -0.2) is 18.4 Å². The van der Waals surface area contributed by atoms with Gasteiger partial charge in [0.1, 0.15) is 34.4 Å². The molecular formula is C24H31ClN6O6S. The monoisotopic (exact) mass is 566 g/mol. The van der Waals surface area contributed by atoms with Crippen LogP contribution in [0.1, 0.15) is 50.9 Å². The molecule has 0 spiro atoms. The quantitative estimate of drug-likeness (QED) is 0.366. The zero-order chi connectivity index (χ0) is 27.4. The van der Waals surface area contributed by atoms with Gasteiger partial charge in [0, 0.05) is 24.9 Å². The number of anilines is 1. The molecule has 1 aliphatic rings. The number of para-hydroxylation sites is 1. The van der Waals surface area contributed by atoms with E-state index in [9.17, 15) is 8.42 Å². The zero-order valence-electron chi connectivity index (χ0n) is 21.8. The molecule has 1 N–H and O–H groups in total. The molecule has 3 heterocycles. The zero-order valence-corrected chi connectivity index (χ0v) is 23.4. The van der Waals surface area contributed by atoms with Crippen LogP contribution in [-0.4, -0.2) is 71.9 Å². The molecule has 1 fully saturated rings. The number of benzene rings is 1. The van der Waals surface area contributed by atoms with Crippen LogP contribution in [0.2, 0.25) is 5.02 Å². The lowest BCUT2D eigenvalue weighted by molar-refractivity contribution is 0.00154. The van der Waals surface area contributed by atoms with Crippen molar-refractivity contribution in [2.45, 2.75) is 50.6 Å². The van der Waals surface area contributed by atoms with Crippen molar-refractivity contribution < 1.29 is 27.4 Å². The van der Waals surface area contributed by atoms with Crippen LogP contribution in [0.15, 0.2) is 30.6 Å². The van der Waals surface area contributed by atoms with Crippen LogP contribution in [0, 0.1) is 0 Å². The maximum absolute atomic E-state index is 13.7. The van der Waals surface area contributed by atoms with E-state index < -0.39 is 21.4 Å². The minimum Gasteiger partial charge on any atom is -0.494 e. The van der Waals surface area contributed by atoms with E-state index >= 15 is 0 Å². The minimum absolute atomic E-state index is 0.0260. The number of hydrogen-bond donors (Lipinski definition) is 1. The summed E-state index contributed by atoms with van der Waals surface area (Å²) in [7, 11) is -1.08. The number of ether oxygens (including phenoxy) is 4. The Morgan fingerprint density at radius 1 is 1.11 bits per heavy atom. The number of nitrogens with one attached hydrogen (secondary N) is 1. The van der Waals surface area contributed by atoms with Gasteiger partial charge in [-0.1, -0.05) is 17.7 Å². The fraction of sp³-hybridized carbons (Fsp3) is 0.500. The SMILES string of the molecule is COc1cccc(OC)c1-n1c(NS(=O)(=O)C(C)[C@@H](OC(C)C)c2ncc(Cl)cn2)nnc1[C@@H]1CCOC1. The minimum atomic E-state index is -4.12. The first-order valence-electron chi connectivity index (χ1n) is 12.0. The van der Waals surface area contributed by atoms with Crippen molar-refractivity contribution >= 4 is 27.6 Å². The maximum atomic E-state index is 13.7. The van der Waals surface area contributed by atoms with Crippen molar-refractivity contribution in [2.75, 3.05) is 32.2 Å². The van der Waals surface area contributed by atoms with E-state index in [-0.39, 0.29) is 23.8 Å². The predicted octanol–water partition coefficient (Wildman–Crippen LogP) is 3.53. The van der Waals surface area contributed by atoms with Gasteiger partial charge in [-0.2, -0.15) is 0 Å². The molecule has 3 atom stereocenters. The number of halogens is 1. The van der Waals surface area contributed by atoms with Gasteiger partial charge in [0.15, 0.2) is 5.82 Å². The van der Waals surface area contributed by atoms with Gasteiger partial charge in [0.2, 0.25) is 16.0 Å². The van der Waals surface area contributed by atoms with Gasteiger partial charge < -0.3 is 18.9 Å². The van der Waals surface area contributed by atoms with Gasteiger partial charge in [-0.3, -0.25) is 9.29 Å². The second kappa shape index (κ2) is 11.8. The summed E-state index contributed by atoms with van der Waals surface area (Å²) < 4.78 is 54.4. The molecule has 38 heavy (non-hydrogen) atoms. The Morgan fingerprint density at radius 3 is 2.32 bits per heavy atom. The molecule has 0 saturated carbocycles. The van der Waals surface area contributed by atoms with E-state index in [1.807, 2.05) is 0 Å². The van der Waals surface area contributed by atoms with Crippen LogP contribution in [0.3, 0.4) is 0 Å². The van der Waals surface area contributed by atoms with Crippen LogP contribution >= 0.6 is 11.6 Å². The average Bonchev–Trinajstić information content (AvgIpc) is 3.56. The molecule has 1 saturated heterocycles. The van der Waals surface area contributed by atoms with Crippen molar-refractivity contribution in [2.24, 2.45) is 0 Å². The molecule has 206 valence electrons. The van der Waals surface area contributed by atoms with E-state index in [2.05, 4.69) is 24.9 Å². The van der Waals surface area contributed by atoms with Crippen LogP contribution in [0.25, 0.3) is 5.69 Å². The maximum Gasteiger partial charge on any atom is 0.243 e. The van der Waals surface area contributed by atoms with Crippen LogP contribution < -0.4 is 14.2 Å². The molecule has 0 amide bonds. The third kappa shape index (κ3) is 5.85. The van der Waals surface area contributed by atoms with Crippen LogP contribution in [0.4, 0.5) is 5.95 Å².